The molecular formula is C21H31N3O4S. The van der Waals surface area contributed by atoms with Crippen LogP contribution in [-0.2, 0) is 34.2 Å². The van der Waals surface area contributed by atoms with Crippen molar-refractivity contribution in [2.45, 2.75) is 57.1 Å². The molecular weight excluding hydrogens is 390 g/mol. The van der Waals surface area contributed by atoms with E-state index in [1.54, 1.807) is 6.20 Å². The largest absolute Gasteiger partial charge is 0.395 e. The topological polar surface area (TPSA) is 84.7 Å². The monoisotopic (exact) mass is 421 g/mol. The molecule has 0 bridgehead atoms. The van der Waals surface area contributed by atoms with E-state index in [-0.39, 0.29) is 23.6 Å². The summed E-state index contributed by atoms with van der Waals surface area (Å²) in [6.45, 7) is 4.78. The molecule has 1 aromatic carbocycles. The van der Waals surface area contributed by atoms with E-state index in [0.717, 1.165) is 30.7 Å². The second kappa shape index (κ2) is 10.3. The van der Waals surface area contributed by atoms with E-state index in [1.807, 2.05) is 41.8 Å². The quantitative estimate of drug-likeness (QED) is 0.599. The summed E-state index contributed by atoms with van der Waals surface area (Å²) in [7, 11) is -3.44. The first-order chi connectivity index (χ1) is 14.0. The minimum atomic E-state index is -3.44. The van der Waals surface area contributed by atoms with Gasteiger partial charge in [0.2, 0.25) is 15.0 Å². The Morgan fingerprint density at radius 2 is 2.07 bits per heavy atom. The summed E-state index contributed by atoms with van der Waals surface area (Å²) >= 11 is 0. The molecule has 1 aromatic heterocycles. The molecule has 0 radical (unpaired) electrons. The molecule has 3 rings (SSSR count). The van der Waals surface area contributed by atoms with Gasteiger partial charge in [-0.3, -0.25) is 4.90 Å². The summed E-state index contributed by atoms with van der Waals surface area (Å²) in [5.74, 6) is 0.0827. The standard InChI is InChI=1S/C21H31N3O4S/c1-2-13-29(26,27)21-22-14-19(24(21)17-20-9-6-12-28-20)16-23(10-11-25)15-18-7-4-3-5-8-18/h3-5,7-8,14,20,25H,2,6,9-13,15-17H2,1H3/t20-/m0/s1. The fourth-order valence-corrected chi connectivity index (χ4v) is 5.20. The second-order valence-electron chi connectivity index (χ2n) is 7.52. The van der Waals surface area contributed by atoms with Crippen molar-refractivity contribution in [1.29, 1.82) is 0 Å². The molecule has 1 fully saturated rings. The highest BCUT2D eigenvalue weighted by atomic mass is 32.2. The van der Waals surface area contributed by atoms with Crippen molar-refractivity contribution in [3.05, 3.63) is 47.8 Å². The van der Waals surface area contributed by atoms with Crippen LogP contribution in [0.4, 0.5) is 0 Å². The molecule has 0 unspecified atom stereocenters. The van der Waals surface area contributed by atoms with Crippen LogP contribution in [0.1, 0.15) is 37.4 Å². The summed E-state index contributed by atoms with van der Waals surface area (Å²) in [5, 5.41) is 9.65. The van der Waals surface area contributed by atoms with Crippen LogP contribution >= 0.6 is 0 Å². The van der Waals surface area contributed by atoms with E-state index >= 15 is 0 Å². The Bertz CT molecular complexity index is 861. The molecule has 29 heavy (non-hydrogen) atoms. The predicted octanol–water partition coefficient (Wildman–Crippen LogP) is 2.24. The van der Waals surface area contributed by atoms with Crippen molar-refractivity contribution < 1.29 is 18.3 Å². The van der Waals surface area contributed by atoms with Gasteiger partial charge in [0.25, 0.3) is 0 Å². The fraction of sp³-hybridized carbons (Fsp3) is 0.571. The van der Waals surface area contributed by atoms with E-state index in [2.05, 4.69) is 9.88 Å². The highest BCUT2D eigenvalue weighted by Crippen LogP contribution is 2.21. The lowest BCUT2D eigenvalue weighted by atomic mass is 10.2. The predicted molar refractivity (Wildman–Crippen MR) is 111 cm³/mol. The van der Waals surface area contributed by atoms with Gasteiger partial charge in [0.15, 0.2) is 0 Å². The molecule has 2 heterocycles. The van der Waals surface area contributed by atoms with Crippen LogP contribution in [0.25, 0.3) is 0 Å². The third-order valence-corrected chi connectivity index (χ3v) is 6.94. The molecule has 1 atom stereocenters. The molecule has 0 spiro atoms. The SMILES string of the molecule is CCCS(=O)(=O)c1ncc(CN(CCO)Cc2ccccc2)n1C[C@@H]1CCCO1. The van der Waals surface area contributed by atoms with Gasteiger partial charge < -0.3 is 14.4 Å². The third-order valence-electron chi connectivity index (χ3n) is 5.11. The molecule has 1 aliphatic rings. The molecule has 0 saturated carbocycles. The molecule has 1 aliphatic heterocycles. The van der Waals surface area contributed by atoms with Crippen LogP contribution in [-0.4, -0.2) is 59.6 Å². The molecule has 8 heteroatoms. The molecule has 0 aliphatic carbocycles. The van der Waals surface area contributed by atoms with E-state index < -0.39 is 9.84 Å². The van der Waals surface area contributed by atoms with Crippen molar-refractivity contribution in [2.75, 3.05) is 25.5 Å². The van der Waals surface area contributed by atoms with Gasteiger partial charge in [0, 0.05) is 26.2 Å². The first kappa shape index (κ1) is 22.0. The zero-order valence-electron chi connectivity index (χ0n) is 17.0. The molecule has 2 aromatic rings. The van der Waals surface area contributed by atoms with Crippen molar-refractivity contribution in [1.82, 2.24) is 14.5 Å². The van der Waals surface area contributed by atoms with E-state index in [0.29, 0.717) is 32.6 Å². The highest BCUT2D eigenvalue weighted by molar-refractivity contribution is 7.91. The third kappa shape index (κ3) is 5.88. The summed E-state index contributed by atoms with van der Waals surface area (Å²) in [6, 6.07) is 10.0. The first-order valence-corrected chi connectivity index (χ1v) is 11.9. The maximum Gasteiger partial charge on any atom is 0.227 e. The number of imidazole rings is 1. The van der Waals surface area contributed by atoms with Crippen LogP contribution < -0.4 is 0 Å². The van der Waals surface area contributed by atoms with Crippen LogP contribution in [0.2, 0.25) is 0 Å². The number of aliphatic hydroxyl groups excluding tert-OH is 1. The molecule has 160 valence electrons. The maximum absolute atomic E-state index is 12.8. The van der Waals surface area contributed by atoms with Crippen LogP contribution in [0.5, 0.6) is 0 Å². The van der Waals surface area contributed by atoms with E-state index in [4.69, 9.17) is 4.74 Å². The number of rotatable bonds is 11. The zero-order valence-corrected chi connectivity index (χ0v) is 17.9. The highest BCUT2D eigenvalue weighted by Gasteiger charge is 2.26. The summed E-state index contributed by atoms with van der Waals surface area (Å²) in [4.78, 5) is 6.40. The minimum Gasteiger partial charge on any atom is -0.395 e. The fourth-order valence-electron chi connectivity index (χ4n) is 3.74. The first-order valence-electron chi connectivity index (χ1n) is 10.3. The zero-order chi connectivity index (χ0) is 20.7. The van der Waals surface area contributed by atoms with Gasteiger partial charge in [0.05, 0.1) is 36.9 Å². The molecule has 0 amide bonds. The van der Waals surface area contributed by atoms with Gasteiger partial charge in [-0.2, -0.15) is 0 Å². The molecule has 1 saturated heterocycles. The molecule has 1 N–H and O–H groups in total. The summed E-state index contributed by atoms with van der Waals surface area (Å²) < 4.78 is 33.1. The lowest BCUT2D eigenvalue weighted by Crippen LogP contribution is -2.29. The Hall–Kier alpha value is -1.74. The number of sulfone groups is 1. The average Bonchev–Trinajstić information content (AvgIpc) is 3.34. The van der Waals surface area contributed by atoms with Crippen LogP contribution in [0.15, 0.2) is 41.7 Å². The number of nitrogens with zero attached hydrogens (tertiary/aromatic N) is 3. The maximum atomic E-state index is 12.8. The minimum absolute atomic E-state index is 0.0129. The number of aliphatic hydroxyl groups is 1. The lowest BCUT2D eigenvalue weighted by molar-refractivity contribution is 0.0928. The molecule has 7 nitrogen and oxygen atoms in total. The Kier molecular flexibility index (Phi) is 7.83. The Morgan fingerprint density at radius 1 is 1.28 bits per heavy atom. The number of aromatic nitrogens is 2. The number of benzene rings is 1. The van der Waals surface area contributed by atoms with Crippen LogP contribution in [0.3, 0.4) is 0 Å². The van der Waals surface area contributed by atoms with E-state index in [9.17, 15) is 13.5 Å². The average molecular weight is 422 g/mol. The number of hydrogen-bond acceptors (Lipinski definition) is 6. The van der Waals surface area contributed by atoms with E-state index in [1.165, 1.54) is 0 Å². The Balaban J connectivity index is 1.86. The van der Waals surface area contributed by atoms with Gasteiger partial charge in [0.1, 0.15) is 0 Å². The Morgan fingerprint density at radius 3 is 2.72 bits per heavy atom. The smallest absolute Gasteiger partial charge is 0.227 e. The lowest BCUT2D eigenvalue weighted by Gasteiger charge is -2.23. The van der Waals surface area contributed by atoms with Crippen molar-refractivity contribution in [2.24, 2.45) is 0 Å². The Labute approximate surface area is 173 Å². The van der Waals surface area contributed by atoms with Gasteiger partial charge in [-0.15, -0.1) is 0 Å². The van der Waals surface area contributed by atoms with Crippen molar-refractivity contribution >= 4 is 9.84 Å². The second-order valence-corrected chi connectivity index (χ2v) is 9.52. The summed E-state index contributed by atoms with van der Waals surface area (Å²) in [6.07, 6.45) is 4.15. The van der Waals surface area contributed by atoms with Crippen LogP contribution in [0, 0.1) is 0 Å². The van der Waals surface area contributed by atoms with Gasteiger partial charge in [-0.05, 0) is 24.8 Å². The van der Waals surface area contributed by atoms with Gasteiger partial charge in [-0.1, -0.05) is 37.3 Å². The van der Waals surface area contributed by atoms with Crippen molar-refractivity contribution in [3.63, 3.8) is 0 Å². The number of ether oxygens (including phenoxy) is 1. The van der Waals surface area contributed by atoms with Gasteiger partial charge >= 0.3 is 0 Å². The number of hydrogen-bond donors (Lipinski definition) is 1. The summed E-state index contributed by atoms with van der Waals surface area (Å²) in [5.41, 5.74) is 1.98. The normalized spacial score (nSPS) is 17.3. The van der Waals surface area contributed by atoms with Crippen molar-refractivity contribution in [3.8, 4) is 0 Å². The van der Waals surface area contributed by atoms with Gasteiger partial charge in [-0.25, -0.2) is 13.4 Å².